The number of phenols is 3. The fourth-order valence-corrected chi connectivity index (χ4v) is 4.74. The summed E-state index contributed by atoms with van der Waals surface area (Å²) in [6.07, 6.45) is 1.61. The number of hydrogen-bond acceptors (Lipinski definition) is 6. The van der Waals surface area contributed by atoms with Gasteiger partial charge in [0.15, 0.2) is 0 Å². The Kier molecular flexibility index (Phi) is 8.66. The smallest absolute Gasteiger partial charge is 0.126 e. The third-order valence-corrected chi connectivity index (χ3v) is 7.15. The number of phenolic OH excluding ortho intramolecular Hbond substituents is 3. The van der Waals surface area contributed by atoms with Crippen LogP contribution < -0.4 is 0 Å². The lowest BCUT2D eigenvalue weighted by Crippen LogP contribution is -2.13. The molecular weight excluding hydrogens is 480 g/mol. The zero-order chi connectivity index (χ0) is 27.4. The van der Waals surface area contributed by atoms with Crippen molar-refractivity contribution in [2.24, 2.45) is 0 Å². The first-order valence-electron chi connectivity index (χ1n) is 13.4. The minimum atomic E-state index is -0.139. The topological polar surface area (TPSA) is 88.4 Å². The number of hydrogen-bond donors (Lipinski definition) is 3. The van der Waals surface area contributed by atoms with Gasteiger partial charge < -0.3 is 29.5 Å². The second kappa shape index (κ2) is 11.8. The molecule has 0 amide bonds. The predicted octanol–water partition coefficient (Wildman–Crippen LogP) is 6.69. The van der Waals surface area contributed by atoms with E-state index in [9.17, 15) is 15.3 Å². The fraction of sp³-hybridized carbons (Fsp3) is 0.438. The molecule has 38 heavy (non-hydrogen) atoms. The number of aromatic hydroxyl groups is 3. The third-order valence-electron chi connectivity index (χ3n) is 7.15. The van der Waals surface area contributed by atoms with Crippen LogP contribution in [0.25, 0.3) is 0 Å². The van der Waals surface area contributed by atoms with Gasteiger partial charge in [0.2, 0.25) is 0 Å². The van der Waals surface area contributed by atoms with Crippen molar-refractivity contribution in [1.82, 2.24) is 0 Å². The summed E-state index contributed by atoms with van der Waals surface area (Å²) in [4.78, 5) is 0. The number of fused-ring (bicyclic) bond motifs is 6. The Bertz CT molecular complexity index is 1200. The van der Waals surface area contributed by atoms with Gasteiger partial charge in [0.05, 0.1) is 39.6 Å². The number of rotatable bonds is 2. The predicted molar refractivity (Wildman–Crippen MR) is 147 cm³/mol. The molecule has 6 bridgehead atoms. The van der Waals surface area contributed by atoms with Crippen molar-refractivity contribution in [1.29, 1.82) is 0 Å². The molecule has 3 N–H and O–H groups in total. The minimum Gasteiger partial charge on any atom is -0.507 e. The van der Waals surface area contributed by atoms with Crippen LogP contribution in [0.15, 0.2) is 36.4 Å². The van der Waals surface area contributed by atoms with Gasteiger partial charge in [0.1, 0.15) is 17.2 Å². The van der Waals surface area contributed by atoms with E-state index >= 15 is 0 Å². The van der Waals surface area contributed by atoms with E-state index in [0.29, 0.717) is 33.4 Å². The van der Waals surface area contributed by atoms with E-state index < -0.39 is 0 Å². The fourth-order valence-electron chi connectivity index (χ4n) is 4.74. The first kappa shape index (κ1) is 28.0. The molecule has 0 spiro atoms. The molecule has 6 nitrogen and oxygen atoms in total. The Balaban J connectivity index is 1.77. The molecule has 0 saturated heterocycles. The molecule has 6 heteroatoms. The van der Waals surface area contributed by atoms with Gasteiger partial charge in [-0.2, -0.15) is 0 Å². The standard InChI is InChI=1S/C32H40O6/c1-6-20-8-22-14-36-15-23-9-21(7-2)11-25(30(23)34)17-38-19-27-13-28(32(3,4)5)12-26(31(27)35)18-37-16-24(10-20)29(22)33/h8-13,33-35H,6-7,14-19H2,1-5H3. The molecule has 204 valence electrons. The van der Waals surface area contributed by atoms with Crippen molar-refractivity contribution in [2.75, 3.05) is 0 Å². The highest BCUT2D eigenvalue weighted by molar-refractivity contribution is 5.47. The van der Waals surface area contributed by atoms with Crippen molar-refractivity contribution in [3.05, 3.63) is 86.5 Å². The quantitative estimate of drug-likeness (QED) is 0.349. The van der Waals surface area contributed by atoms with Gasteiger partial charge in [-0.15, -0.1) is 0 Å². The largest absolute Gasteiger partial charge is 0.507 e. The molecule has 0 aromatic heterocycles. The summed E-state index contributed by atoms with van der Waals surface area (Å²) in [5.74, 6) is 0.446. The van der Waals surface area contributed by atoms with Gasteiger partial charge in [-0.1, -0.05) is 34.6 Å². The summed E-state index contributed by atoms with van der Waals surface area (Å²) in [6, 6.07) is 11.7. The monoisotopic (exact) mass is 520 g/mol. The van der Waals surface area contributed by atoms with Gasteiger partial charge in [0, 0.05) is 33.4 Å². The molecule has 0 unspecified atom stereocenters. The van der Waals surface area contributed by atoms with E-state index in [1.54, 1.807) is 0 Å². The molecule has 0 fully saturated rings. The van der Waals surface area contributed by atoms with E-state index in [2.05, 4.69) is 34.6 Å². The van der Waals surface area contributed by atoms with Crippen molar-refractivity contribution >= 4 is 0 Å². The normalized spacial score (nSPS) is 15.1. The van der Waals surface area contributed by atoms with Gasteiger partial charge in [-0.3, -0.25) is 0 Å². The highest BCUT2D eigenvalue weighted by Gasteiger charge is 2.20. The molecule has 1 aliphatic rings. The summed E-state index contributed by atoms with van der Waals surface area (Å²) < 4.78 is 18.0. The van der Waals surface area contributed by atoms with Crippen LogP contribution in [0.4, 0.5) is 0 Å². The maximum Gasteiger partial charge on any atom is 0.126 e. The first-order valence-corrected chi connectivity index (χ1v) is 13.4. The molecule has 1 aliphatic heterocycles. The van der Waals surface area contributed by atoms with Crippen LogP contribution in [-0.2, 0) is 72.1 Å². The summed E-state index contributed by atoms with van der Waals surface area (Å²) in [7, 11) is 0. The SMILES string of the molecule is CCc1cc2c(O)c(c1)COCc1cc(C(C)(C)C)cc(c1O)COCc1cc(CC)cc(c1O)COC2. The van der Waals surface area contributed by atoms with Crippen LogP contribution >= 0.6 is 0 Å². The Morgan fingerprint density at radius 3 is 1.03 bits per heavy atom. The third kappa shape index (κ3) is 6.32. The van der Waals surface area contributed by atoms with Crippen LogP contribution in [0.5, 0.6) is 17.2 Å². The summed E-state index contributed by atoms with van der Waals surface area (Å²) in [6.45, 7) is 11.7. The Hall–Kier alpha value is -3.06. The molecule has 0 radical (unpaired) electrons. The van der Waals surface area contributed by atoms with Gasteiger partial charge in [-0.05, 0) is 71.3 Å². The molecule has 0 aliphatic carbocycles. The molecule has 3 aromatic carbocycles. The lowest BCUT2D eigenvalue weighted by Gasteiger charge is -2.23. The molecule has 0 atom stereocenters. The number of ether oxygens (including phenoxy) is 3. The molecule has 4 rings (SSSR count). The van der Waals surface area contributed by atoms with Crippen molar-refractivity contribution in [3.63, 3.8) is 0 Å². The maximum absolute atomic E-state index is 11.1. The van der Waals surface area contributed by atoms with E-state index in [-0.39, 0.29) is 62.3 Å². The number of benzene rings is 3. The van der Waals surface area contributed by atoms with Crippen LogP contribution in [0.1, 0.15) is 84.7 Å². The lowest BCUT2D eigenvalue weighted by molar-refractivity contribution is 0.0929. The van der Waals surface area contributed by atoms with Crippen LogP contribution in [0, 0.1) is 0 Å². The Labute approximate surface area is 225 Å². The van der Waals surface area contributed by atoms with Crippen molar-refractivity contribution in [2.45, 2.75) is 92.5 Å². The van der Waals surface area contributed by atoms with Gasteiger partial charge in [-0.25, -0.2) is 0 Å². The Morgan fingerprint density at radius 2 is 0.789 bits per heavy atom. The Morgan fingerprint density at radius 1 is 0.526 bits per heavy atom. The van der Waals surface area contributed by atoms with E-state index in [1.165, 1.54) is 0 Å². The van der Waals surface area contributed by atoms with Gasteiger partial charge >= 0.3 is 0 Å². The maximum atomic E-state index is 11.1. The second-order valence-corrected chi connectivity index (χ2v) is 11.1. The lowest BCUT2D eigenvalue weighted by atomic mass is 9.85. The molecular formula is C32H40O6. The van der Waals surface area contributed by atoms with E-state index in [0.717, 1.165) is 29.5 Å². The highest BCUT2D eigenvalue weighted by Crippen LogP contribution is 2.34. The summed E-state index contributed by atoms with van der Waals surface area (Å²) >= 11 is 0. The van der Waals surface area contributed by atoms with Crippen molar-refractivity contribution < 1.29 is 29.5 Å². The van der Waals surface area contributed by atoms with Crippen LogP contribution in [-0.4, -0.2) is 15.3 Å². The van der Waals surface area contributed by atoms with Crippen molar-refractivity contribution in [3.8, 4) is 17.2 Å². The average molecular weight is 521 g/mol. The molecule has 3 aromatic rings. The second-order valence-electron chi connectivity index (χ2n) is 11.1. The minimum absolute atomic E-state index is 0.139. The zero-order valence-corrected chi connectivity index (χ0v) is 23.2. The van der Waals surface area contributed by atoms with E-state index in [1.807, 2.05) is 36.4 Å². The van der Waals surface area contributed by atoms with Crippen LogP contribution in [0.2, 0.25) is 0 Å². The molecule has 0 saturated carbocycles. The zero-order valence-electron chi connectivity index (χ0n) is 23.2. The molecule has 1 heterocycles. The highest BCUT2D eigenvalue weighted by atomic mass is 16.5. The summed E-state index contributed by atoms with van der Waals surface area (Å²) in [5.41, 5.74) is 7.13. The average Bonchev–Trinajstić information content (AvgIpc) is 2.88. The summed E-state index contributed by atoms with van der Waals surface area (Å²) in [5, 5.41) is 33.1. The van der Waals surface area contributed by atoms with Crippen LogP contribution in [0.3, 0.4) is 0 Å². The van der Waals surface area contributed by atoms with E-state index in [4.69, 9.17) is 14.2 Å². The number of aryl methyl sites for hydroxylation is 2. The van der Waals surface area contributed by atoms with Gasteiger partial charge in [0.25, 0.3) is 0 Å². The first-order chi connectivity index (χ1) is 18.1.